The van der Waals surface area contributed by atoms with Gasteiger partial charge in [0.15, 0.2) is 6.04 Å². The third kappa shape index (κ3) is 5.54. The maximum Gasteiger partial charge on any atom is 0.410 e. The van der Waals surface area contributed by atoms with E-state index in [-0.39, 0.29) is 5.92 Å². The molecule has 1 atom stereocenters. The Hall–Kier alpha value is -2.74. The quantitative estimate of drug-likeness (QED) is 0.498. The lowest BCUT2D eigenvalue weighted by Crippen LogP contribution is -2.44. The van der Waals surface area contributed by atoms with Gasteiger partial charge in [-0.05, 0) is 53.8 Å². The molecule has 0 fully saturated rings. The summed E-state index contributed by atoms with van der Waals surface area (Å²) in [5, 5.41) is 0. The fourth-order valence-corrected chi connectivity index (χ4v) is 4.01. The normalized spacial score (nSPS) is 15.2. The molecule has 0 N–H and O–H groups in total. The summed E-state index contributed by atoms with van der Waals surface area (Å²) in [5.74, 6) is 1.12. The zero-order valence-corrected chi connectivity index (χ0v) is 20.3. The summed E-state index contributed by atoms with van der Waals surface area (Å²) in [6.45, 7) is 4.90. The highest BCUT2D eigenvalue weighted by atomic mass is 79.9. The van der Waals surface area contributed by atoms with Gasteiger partial charge in [-0.1, -0.05) is 35.8 Å². The van der Waals surface area contributed by atoms with Crippen LogP contribution in [0.15, 0.2) is 40.9 Å². The number of ether oxygens (including phenoxy) is 4. The minimum atomic E-state index is -0.845. The number of halogens is 1. The first kappa shape index (κ1) is 23.9. The van der Waals surface area contributed by atoms with Crippen LogP contribution in [0.4, 0.5) is 4.79 Å². The van der Waals surface area contributed by atoms with Gasteiger partial charge in [-0.15, -0.1) is 0 Å². The van der Waals surface area contributed by atoms with Crippen molar-refractivity contribution >= 4 is 28.0 Å². The number of benzene rings is 2. The van der Waals surface area contributed by atoms with Crippen LogP contribution in [0.1, 0.15) is 36.6 Å². The fraction of sp³-hybridized carbons (Fsp3) is 0.417. The lowest BCUT2D eigenvalue weighted by Gasteiger charge is -2.35. The Labute approximate surface area is 196 Å². The predicted molar refractivity (Wildman–Crippen MR) is 123 cm³/mol. The summed E-state index contributed by atoms with van der Waals surface area (Å²) >= 11 is 3.47. The smallest absolute Gasteiger partial charge is 0.410 e. The number of rotatable bonds is 7. The molecule has 0 saturated carbocycles. The van der Waals surface area contributed by atoms with Crippen LogP contribution >= 0.6 is 15.9 Å². The van der Waals surface area contributed by atoms with Gasteiger partial charge in [-0.2, -0.15) is 0 Å². The maximum atomic E-state index is 12.6. The molecule has 0 saturated heterocycles. The summed E-state index contributed by atoms with van der Waals surface area (Å²) < 4.78 is 22.7. The van der Waals surface area contributed by atoms with Crippen LogP contribution in [0.2, 0.25) is 0 Å². The molecule has 7 nitrogen and oxygen atoms in total. The minimum absolute atomic E-state index is 0.205. The number of carbonyl (C=O) groups is 2. The number of methoxy groups -OCH3 is 2. The van der Waals surface area contributed by atoms with Crippen LogP contribution in [-0.2, 0) is 27.3 Å². The van der Waals surface area contributed by atoms with E-state index in [0.717, 1.165) is 26.9 Å². The van der Waals surface area contributed by atoms with E-state index in [1.54, 1.807) is 13.2 Å². The second-order valence-corrected chi connectivity index (χ2v) is 8.86. The lowest BCUT2D eigenvalue weighted by atomic mass is 9.92. The van der Waals surface area contributed by atoms with Crippen molar-refractivity contribution in [2.45, 2.75) is 32.9 Å². The van der Waals surface area contributed by atoms with Crippen molar-refractivity contribution in [3.05, 3.63) is 57.6 Å². The zero-order chi connectivity index (χ0) is 23.3. The molecule has 1 amide bonds. The molecule has 3 rings (SSSR count). The molecule has 2 aromatic carbocycles. The van der Waals surface area contributed by atoms with Crippen molar-refractivity contribution in [2.75, 3.05) is 27.4 Å². The summed E-state index contributed by atoms with van der Waals surface area (Å²) in [6.07, 6.45) is 0.0682. The van der Waals surface area contributed by atoms with Gasteiger partial charge in [0.2, 0.25) is 0 Å². The third-order valence-electron chi connectivity index (χ3n) is 5.18. The number of hydrogen-bond acceptors (Lipinski definition) is 6. The van der Waals surface area contributed by atoms with Crippen molar-refractivity contribution in [1.29, 1.82) is 0 Å². The van der Waals surface area contributed by atoms with Gasteiger partial charge in [0, 0.05) is 16.6 Å². The van der Waals surface area contributed by atoms with Gasteiger partial charge in [0.25, 0.3) is 0 Å². The van der Waals surface area contributed by atoms with E-state index in [2.05, 4.69) is 15.9 Å². The topological polar surface area (TPSA) is 74.3 Å². The molecule has 8 heteroatoms. The highest BCUT2D eigenvalue weighted by Crippen LogP contribution is 2.34. The highest BCUT2D eigenvalue weighted by Gasteiger charge is 2.38. The Bertz CT molecular complexity index is 977. The average molecular weight is 506 g/mol. The molecule has 0 spiro atoms. The molecular formula is C24H28BrNO6. The van der Waals surface area contributed by atoms with E-state index in [4.69, 9.17) is 18.9 Å². The van der Waals surface area contributed by atoms with Gasteiger partial charge in [-0.3, -0.25) is 4.90 Å². The molecule has 0 aliphatic carbocycles. The number of amides is 1. The number of carbonyl (C=O) groups excluding carboxylic acids is 2. The van der Waals surface area contributed by atoms with Crippen molar-refractivity contribution < 1.29 is 28.5 Å². The standard InChI is InChI=1S/C24H28BrNO6/c1-15(2)13-32-24(28)26-10-9-16-12-19(6-7-20(16)22(26)23(27)30-4)31-14-17-11-18(25)5-8-21(17)29-3/h5-8,11-12,15,22H,9-10,13-14H2,1-4H3. The van der Waals surface area contributed by atoms with E-state index in [1.165, 1.54) is 12.0 Å². The molecule has 0 bridgehead atoms. The SMILES string of the molecule is COC(=O)C1c2ccc(OCc3cc(Br)ccc3OC)cc2CCN1C(=O)OCC(C)C. The van der Waals surface area contributed by atoms with E-state index in [9.17, 15) is 9.59 Å². The van der Waals surface area contributed by atoms with Crippen LogP contribution in [0, 0.1) is 5.92 Å². The van der Waals surface area contributed by atoms with Gasteiger partial charge < -0.3 is 18.9 Å². The average Bonchev–Trinajstić information content (AvgIpc) is 2.79. The Morgan fingerprint density at radius 3 is 2.62 bits per heavy atom. The summed E-state index contributed by atoms with van der Waals surface area (Å²) in [5.41, 5.74) is 2.56. The molecule has 1 unspecified atom stereocenters. The van der Waals surface area contributed by atoms with Gasteiger partial charge in [0.05, 0.1) is 20.8 Å². The van der Waals surface area contributed by atoms with E-state index < -0.39 is 18.1 Å². The van der Waals surface area contributed by atoms with Crippen LogP contribution in [-0.4, -0.2) is 44.3 Å². The van der Waals surface area contributed by atoms with E-state index in [1.807, 2.05) is 44.2 Å². The van der Waals surface area contributed by atoms with Crippen molar-refractivity contribution in [1.82, 2.24) is 4.90 Å². The van der Waals surface area contributed by atoms with Crippen LogP contribution in [0.25, 0.3) is 0 Å². The van der Waals surface area contributed by atoms with Gasteiger partial charge >= 0.3 is 12.1 Å². The first-order valence-corrected chi connectivity index (χ1v) is 11.2. The summed E-state index contributed by atoms with van der Waals surface area (Å²) in [4.78, 5) is 26.6. The van der Waals surface area contributed by atoms with E-state index >= 15 is 0 Å². The first-order valence-electron chi connectivity index (χ1n) is 10.4. The molecule has 0 aromatic heterocycles. The summed E-state index contributed by atoms with van der Waals surface area (Å²) in [7, 11) is 2.94. The second-order valence-electron chi connectivity index (χ2n) is 7.95. The molecule has 172 valence electrons. The molecule has 0 radical (unpaired) electrons. The number of esters is 1. The predicted octanol–water partition coefficient (Wildman–Crippen LogP) is 4.90. The molecule has 2 aromatic rings. The molecular weight excluding hydrogens is 478 g/mol. The van der Waals surface area contributed by atoms with Gasteiger partial charge in [-0.25, -0.2) is 9.59 Å². The van der Waals surface area contributed by atoms with Crippen LogP contribution in [0.3, 0.4) is 0 Å². The number of nitrogens with zero attached hydrogens (tertiary/aromatic N) is 1. The fourth-order valence-electron chi connectivity index (χ4n) is 3.60. The maximum absolute atomic E-state index is 12.6. The molecule has 1 aliphatic rings. The Morgan fingerprint density at radius 2 is 1.94 bits per heavy atom. The van der Waals surface area contributed by atoms with Crippen LogP contribution < -0.4 is 9.47 Å². The van der Waals surface area contributed by atoms with Crippen molar-refractivity contribution in [3.63, 3.8) is 0 Å². The van der Waals surface area contributed by atoms with Gasteiger partial charge in [0.1, 0.15) is 18.1 Å². The zero-order valence-electron chi connectivity index (χ0n) is 18.7. The third-order valence-corrected chi connectivity index (χ3v) is 5.67. The van der Waals surface area contributed by atoms with E-state index in [0.29, 0.717) is 31.9 Å². The molecule has 1 heterocycles. The second kappa shape index (κ2) is 10.7. The lowest BCUT2D eigenvalue weighted by molar-refractivity contribution is -0.147. The number of hydrogen-bond donors (Lipinski definition) is 0. The molecule has 32 heavy (non-hydrogen) atoms. The van der Waals surface area contributed by atoms with Crippen molar-refractivity contribution in [3.8, 4) is 11.5 Å². The molecule has 1 aliphatic heterocycles. The summed E-state index contributed by atoms with van der Waals surface area (Å²) in [6, 6.07) is 10.4. The van der Waals surface area contributed by atoms with Crippen molar-refractivity contribution in [2.24, 2.45) is 5.92 Å². The first-order chi connectivity index (χ1) is 15.3. The minimum Gasteiger partial charge on any atom is -0.496 e. The number of fused-ring (bicyclic) bond motifs is 1. The highest BCUT2D eigenvalue weighted by molar-refractivity contribution is 9.10. The Morgan fingerprint density at radius 1 is 1.16 bits per heavy atom. The monoisotopic (exact) mass is 505 g/mol. The Kier molecular flexibility index (Phi) is 8.01. The Balaban J connectivity index is 1.80. The van der Waals surface area contributed by atoms with Crippen LogP contribution in [0.5, 0.6) is 11.5 Å². The largest absolute Gasteiger partial charge is 0.496 e.